The number of benzene rings is 1. The van der Waals surface area contributed by atoms with Crippen molar-refractivity contribution in [1.82, 2.24) is 0 Å². The molecule has 0 aliphatic heterocycles. The minimum Gasteiger partial charge on any atom is -0.490 e. The van der Waals surface area contributed by atoms with Gasteiger partial charge in [0.15, 0.2) is 5.75 Å². The van der Waals surface area contributed by atoms with Gasteiger partial charge in [0.2, 0.25) is 0 Å². The van der Waals surface area contributed by atoms with Crippen molar-refractivity contribution in [2.24, 2.45) is 11.7 Å². The fraction of sp³-hybridized carbons (Fsp3) is 0.538. The van der Waals surface area contributed by atoms with Crippen LogP contribution in [0.5, 0.6) is 5.75 Å². The van der Waals surface area contributed by atoms with Gasteiger partial charge in [-0.2, -0.15) is 0 Å². The number of hydrogen-bond donors (Lipinski definition) is 1. The zero-order valence-electron chi connectivity index (χ0n) is 11.2. The number of nitro groups is 1. The molecule has 1 unspecified atom stereocenters. The second-order valence-electron chi connectivity index (χ2n) is 4.84. The van der Waals surface area contributed by atoms with E-state index >= 15 is 0 Å². The highest BCUT2D eigenvalue weighted by molar-refractivity contribution is 5.70. The van der Waals surface area contributed by atoms with Crippen LogP contribution in [-0.2, 0) is 0 Å². The lowest BCUT2D eigenvalue weighted by molar-refractivity contribution is -0.385. The standard InChI is InChI=1S/C13H19N3O3/c1-15(11(8-14)9-6-7-9)10-4-3-5-12(19-2)13(10)16(17)18/h3-5,9,11H,6-8,14H2,1-2H3. The molecule has 0 radical (unpaired) electrons. The van der Waals surface area contributed by atoms with Crippen molar-refractivity contribution in [3.63, 3.8) is 0 Å². The summed E-state index contributed by atoms with van der Waals surface area (Å²) < 4.78 is 5.09. The Bertz CT molecular complexity index is 474. The van der Waals surface area contributed by atoms with Crippen LogP contribution in [-0.4, -0.2) is 31.7 Å². The molecule has 1 atom stereocenters. The molecule has 1 aromatic carbocycles. The van der Waals surface area contributed by atoms with Crippen LogP contribution >= 0.6 is 0 Å². The maximum Gasteiger partial charge on any atom is 0.333 e. The summed E-state index contributed by atoms with van der Waals surface area (Å²) in [6, 6.07) is 5.25. The average Bonchev–Trinajstić information content (AvgIpc) is 3.22. The summed E-state index contributed by atoms with van der Waals surface area (Å²) in [5, 5.41) is 11.3. The lowest BCUT2D eigenvalue weighted by Crippen LogP contribution is -2.40. The Morgan fingerprint density at radius 1 is 1.58 bits per heavy atom. The van der Waals surface area contributed by atoms with Crippen molar-refractivity contribution in [2.75, 3.05) is 25.6 Å². The van der Waals surface area contributed by atoms with Gasteiger partial charge < -0.3 is 15.4 Å². The highest BCUT2D eigenvalue weighted by atomic mass is 16.6. The molecule has 0 amide bonds. The van der Waals surface area contributed by atoms with Crippen LogP contribution in [0.1, 0.15) is 12.8 Å². The average molecular weight is 265 g/mol. The molecule has 1 saturated carbocycles. The molecule has 0 saturated heterocycles. The largest absolute Gasteiger partial charge is 0.490 e. The Hall–Kier alpha value is -1.82. The van der Waals surface area contributed by atoms with Crippen molar-refractivity contribution in [1.29, 1.82) is 0 Å². The van der Waals surface area contributed by atoms with E-state index in [1.807, 2.05) is 11.9 Å². The second kappa shape index (κ2) is 5.44. The molecule has 6 heteroatoms. The Morgan fingerprint density at radius 3 is 2.74 bits per heavy atom. The number of rotatable bonds is 6. The molecular formula is C13H19N3O3. The first kappa shape index (κ1) is 13.6. The van der Waals surface area contributed by atoms with Crippen LogP contribution in [0, 0.1) is 16.0 Å². The van der Waals surface area contributed by atoms with Gasteiger partial charge in [-0.05, 0) is 30.9 Å². The molecule has 1 aliphatic carbocycles. The van der Waals surface area contributed by atoms with Gasteiger partial charge in [-0.15, -0.1) is 0 Å². The number of likely N-dealkylation sites (N-methyl/N-ethyl adjacent to an activating group) is 1. The number of nitrogens with zero attached hydrogens (tertiary/aromatic N) is 2. The first-order valence-electron chi connectivity index (χ1n) is 6.34. The fourth-order valence-electron chi connectivity index (χ4n) is 2.47. The lowest BCUT2D eigenvalue weighted by atomic mass is 10.1. The van der Waals surface area contributed by atoms with E-state index in [1.165, 1.54) is 7.11 Å². The molecule has 0 aromatic heterocycles. The van der Waals surface area contributed by atoms with Crippen LogP contribution < -0.4 is 15.4 Å². The monoisotopic (exact) mass is 265 g/mol. The van der Waals surface area contributed by atoms with Gasteiger partial charge in [0.25, 0.3) is 0 Å². The summed E-state index contributed by atoms with van der Waals surface area (Å²) in [6.45, 7) is 0.496. The summed E-state index contributed by atoms with van der Waals surface area (Å²) in [6.07, 6.45) is 2.29. The van der Waals surface area contributed by atoms with Gasteiger partial charge in [-0.25, -0.2) is 0 Å². The van der Waals surface area contributed by atoms with Gasteiger partial charge >= 0.3 is 5.69 Å². The molecule has 0 heterocycles. The molecule has 2 rings (SSSR count). The van der Waals surface area contributed by atoms with Gasteiger partial charge in [0.1, 0.15) is 5.69 Å². The highest BCUT2D eigenvalue weighted by Crippen LogP contribution is 2.41. The zero-order valence-corrected chi connectivity index (χ0v) is 11.2. The Balaban J connectivity index is 2.39. The van der Waals surface area contributed by atoms with Gasteiger partial charge in [-0.1, -0.05) is 6.07 Å². The molecule has 19 heavy (non-hydrogen) atoms. The number of nitrogens with two attached hydrogens (primary N) is 1. The summed E-state index contributed by atoms with van der Waals surface area (Å²) in [5.41, 5.74) is 6.37. The molecule has 2 N–H and O–H groups in total. The maximum atomic E-state index is 11.3. The minimum absolute atomic E-state index is 0.00611. The molecule has 1 aliphatic rings. The van der Waals surface area contributed by atoms with E-state index in [0.717, 1.165) is 12.8 Å². The topological polar surface area (TPSA) is 81.6 Å². The molecular weight excluding hydrogens is 246 g/mol. The van der Waals surface area contributed by atoms with Crippen molar-refractivity contribution < 1.29 is 9.66 Å². The Labute approximate surface area is 112 Å². The van der Waals surface area contributed by atoms with Crippen LogP contribution in [0.3, 0.4) is 0 Å². The molecule has 1 aromatic rings. The Kier molecular flexibility index (Phi) is 3.90. The second-order valence-corrected chi connectivity index (χ2v) is 4.84. The predicted molar refractivity (Wildman–Crippen MR) is 73.6 cm³/mol. The molecule has 104 valence electrons. The third-order valence-electron chi connectivity index (χ3n) is 3.67. The van der Waals surface area contributed by atoms with E-state index in [9.17, 15) is 10.1 Å². The summed E-state index contributed by atoms with van der Waals surface area (Å²) in [5.74, 6) is 0.821. The van der Waals surface area contributed by atoms with Crippen LogP contribution in [0.2, 0.25) is 0 Å². The van der Waals surface area contributed by atoms with E-state index < -0.39 is 4.92 Å². The van der Waals surface area contributed by atoms with Gasteiger partial charge in [-0.3, -0.25) is 10.1 Å². The SMILES string of the molecule is COc1cccc(N(C)C(CN)C2CC2)c1[N+](=O)[O-]. The third-order valence-corrected chi connectivity index (χ3v) is 3.67. The highest BCUT2D eigenvalue weighted by Gasteiger charge is 2.35. The third kappa shape index (κ3) is 2.63. The zero-order chi connectivity index (χ0) is 14.0. The molecule has 0 spiro atoms. The number of ether oxygens (including phenoxy) is 1. The molecule has 6 nitrogen and oxygen atoms in total. The normalized spacial score (nSPS) is 15.9. The van der Waals surface area contributed by atoms with E-state index in [1.54, 1.807) is 18.2 Å². The lowest BCUT2D eigenvalue weighted by Gasteiger charge is -2.29. The van der Waals surface area contributed by atoms with E-state index in [2.05, 4.69) is 0 Å². The van der Waals surface area contributed by atoms with Crippen LogP contribution in [0.4, 0.5) is 11.4 Å². The molecule has 1 fully saturated rings. The Morgan fingerprint density at radius 2 is 2.26 bits per heavy atom. The first-order chi connectivity index (χ1) is 9.10. The summed E-state index contributed by atoms with van der Waals surface area (Å²) in [7, 11) is 3.30. The van der Waals surface area contributed by atoms with Crippen LogP contribution in [0.15, 0.2) is 18.2 Å². The number of anilines is 1. The van der Waals surface area contributed by atoms with Crippen molar-refractivity contribution >= 4 is 11.4 Å². The predicted octanol–water partition coefficient (Wildman–Crippen LogP) is 1.78. The number of para-hydroxylation sites is 1. The smallest absolute Gasteiger partial charge is 0.333 e. The molecule has 0 bridgehead atoms. The number of nitro benzene ring substituents is 1. The summed E-state index contributed by atoms with van der Waals surface area (Å²) >= 11 is 0. The summed E-state index contributed by atoms with van der Waals surface area (Å²) in [4.78, 5) is 12.8. The number of methoxy groups -OCH3 is 1. The van der Waals surface area contributed by atoms with Crippen molar-refractivity contribution in [3.05, 3.63) is 28.3 Å². The fourth-order valence-corrected chi connectivity index (χ4v) is 2.47. The van der Waals surface area contributed by atoms with E-state index in [0.29, 0.717) is 18.2 Å². The number of hydrogen-bond acceptors (Lipinski definition) is 5. The van der Waals surface area contributed by atoms with E-state index in [-0.39, 0.29) is 17.5 Å². The van der Waals surface area contributed by atoms with Crippen molar-refractivity contribution in [3.8, 4) is 5.75 Å². The van der Waals surface area contributed by atoms with Gasteiger partial charge in [0, 0.05) is 19.6 Å². The first-order valence-corrected chi connectivity index (χ1v) is 6.34. The van der Waals surface area contributed by atoms with Crippen LogP contribution in [0.25, 0.3) is 0 Å². The van der Waals surface area contributed by atoms with Gasteiger partial charge in [0.05, 0.1) is 12.0 Å². The minimum atomic E-state index is -0.398. The van der Waals surface area contributed by atoms with Crippen molar-refractivity contribution in [2.45, 2.75) is 18.9 Å². The quantitative estimate of drug-likeness (QED) is 0.626. The maximum absolute atomic E-state index is 11.3. The van der Waals surface area contributed by atoms with E-state index in [4.69, 9.17) is 10.5 Å².